The van der Waals surface area contributed by atoms with Crippen LogP contribution in [0.3, 0.4) is 0 Å². The summed E-state index contributed by atoms with van der Waals surface area (Å²) in [5, 5.41) is 10.6. The topological polar surface area (TPSA) is 101 Å². The number of aromatic nitrogens is 3. The van der Waals surface area contributed by atoms with Gasteiger partial charge in [-0.3, -0.25) is 4.98 Å². The first kappa shape index (κ1) is 28.6. The van der Waals surface area contributed by atoms with E-state index < -0.39 is 11.6 Å². The third-order valence-corrected chi connectivity index (χ3v) is 7.97. The summed E-state index contributed by atoms with van der Waals surface area (Å²) < 4.78 is 36.6. The summed E-state index contributed by atoms with van der Waals surface area (Å²) >= 11 is 0.955. The van der Waals surface area contributed by atoms with Crippen LogP contribution in [0.1, 0.15) is 70.6 Å². The maximum absolute atomic E-state index is 16.2. The number of hydrogen-bond acceptors (Lipinski definition) is 8. The second-order valence-electron chi connectivity index (χ2n) is 9.52. The number of rotatable bonds is 3. The Bertz CT molecular complexity index is 1550. The van der Waals surface area contributed by atoms with Crippen molar-refractivity contribution in [3.8, 4) is 17.3 Å². The minimum absolute atomic E-state index is 0.0959. The number of ether oxygens (including phenoxy) is 1. The number of fused-ring (bicyclic) bond motifs is 4. The molecule has 1 aromatic carbocycles. The van der Waals surface area contributed by atoms with E-state index in [2.05, 4.69) is 40.6 Å². The molecule has 1 atom stereocenters. The standard InChI is InChI=1S/C23H18F2N6OS.C4H10.C2H6/c1-10-2-3-31(7-10)23-29-5-12-13-8-32-9-14(13)16(18(25)19(12)30-23)20-17-11(4-26)22(27)33-21(17)15(24)6-28-20;1-3-4-2;1-2/h5-6,10H,2-3,7-9,27H2,1H3;3-4H2,1-2H3;1-2H3. The van der Waals surface area contributed by atoms with Gasteiger partial charge in [0.1, 0.15) is 16.6 Å². The molecule has 0 aliphatic carbocycles. The lowest BCUT2D eigenvalue weighted by Crippen LogP contribution is -2.21. The highest BCUT2D eigenvalue weighted by Crippen LogP contribution is 2.45. The Morgan fingerprint density at radius 3 is 2.51 bits per heavy atom. The molecule has 10 heteroatoms. The highest BCUT2D eigenvalue weighted by molar-refractivity contribution is 7.23. The zero-order valence-electron chi connectivity index (χ0n) is 23.1. The number of thiophene rings is 1. The molecular formula is C29H34F2N6OS. The summed E-state index contributed by atoms with van der Waals surface area (Å²) in [6.07, 6.45) is 6.36. The highest BCUT2D eigenvalue weighted by Gasteiger charge is 2.30. The third-order valence-electron chi connectivity index (χ3n) is 6.94. The smallest absolute Gasteiger partial charge is 0.225 e. The van der Waals surface area contributed by atoms with Crippen LogP contribution in [0.5, 0.6) is 0 Å². The molecule has 3 aromatic heterocycles. The molecule has 1 unspecified atom stereocenters. The van der Waals surface area contributed by atoms with Gasteiger partial charge in [0.25, 0.3) is 0 Å². The minimum Gasteiger partial charge on any atom is -0.389 e. The molecule has 2 aliphatic rings. The third kappa shape index (κ3) is 5.13. The first-order valence-corrected chi connectivity index (χ1v) is 14.3. The summed E-state index contributed by atoms with van der Waals surface area (Å²) in [6.45, 7) is 12.6. The van der Waals surface area contributed by atoms with Crippen molar-refractivity contribution in [1.29, 1.82) is 5.26 Å². The Hall–Kier alpha value is -3.42. The molecule has 6 rings (SSSR count). The molecule has 39 heavy (non-hydrogen) atoms. The summed E-state index contributed by atoms with van der Waals surface area (Å²) in [5.41, 5.74) is 7.98. The van der Waals surface area contributed by atoms with Crippen LogP contribution in [0.15, 0.2) is 12.4 Å². The molecule has 1 saturated heterocycles. The van der Waals surface area contributed by atoms with E-state index in [1.165, 1.54) is 12.8 Å². The number of hydrogen-bond donors (Lipinski definition) is 1. The Labute approximate surface area is 231 Å². The van der Waals surface area contributed by atoms with E-state index in [9.17, 15) is 9.65 Å². The van der Waals surface area contributed by atoms with Crippen molar-refractivity contribution >= 4 is 43.3 Å². The average molecular weight is 553 g/mol. The molecule has 5 heterocycles. The molecule has 2 aliphatic heterocycles. The molecule has 0 radical (unpaired) electrons. The monoisotopic (exact) mass is 552 g/mol. The van der Waals surface area contributed by atoms with Crippen molar-refractivity contribution in [2.24, 2.45) is 5.92 Å². The van der Waals surface area contributed by atoms with E-state index >= 15 is 4.39 Å². The molecule has 0 spiro atoms. The summed E-state index contributed by atoms with van der Waals surface area (Å²) in [6, 6.07) is 2.02. The van der Waals surface area contributed by atoms with Crippen molar-refractivity contribution < 1.29 is 13.5 Å². The fraction of sp³-hybridized carbons (Fsp3) is 0.448. The number of nitriles is 1. The fourth-order valence-electron chi connectivity index (χ4n) is 4.81. The van der Waals surface area contributed by atoms with Gasteiger partial charge in [0.05, 0.1) is 35.4 Å². The Balaban J connectivity index is 0.000000541. The number of anilines is 2. The highest BCUT2D eigenvalue weighted by atomic mass is 32.1. The van der Waals surface area contributed by atoms with Gasteiger partial charge in [0.15, 0.2) is 11.6 Å². The number of benzene rings is 1. The molecule has 1 fully saturated rings. The molecule has 4 aromatic rings. The molecular weight excluding hydrogens is 518 g/mol. The van der Waals surface area contributed by atoms with Crippen LogP contribution in [0.2, 0.25) is 0 Å². The first-order valence-electron chi connectivity index (χ1n) is 13.5. The molecule has 2 N–H and O–H groups in total. The second-order valence-corrected chi connectivity index (χ2v) is 10.6. The van der Waals surface area contributed by atoms with Crippen LogP contribution < -0.4 is 10.6 Å². The van der Waals surface area contributed by atoms with Crippen LogP contribution in [0, 0.1) is 28.9 Å². The Morgan fingerprint density at radius 1 is 1.15 bits per heavy atom. The van der Waals surface area contributed by atoms with Crippen molar-refractivity contribution in [2.45, 2.75) is 67.1 Å². The van der Waals surface area contributed by atoms with E-state index in [-0.39, 0.29) is 50.6 Å². The van der Waals surface area contributed by atoms with Gasteiger partial charge in [-0.25, -0.2) is 18.7 Å². The van der Waals surface area contributed by atoms with Crippen molar-refractivity contribution in [1.82, 2.24) is 15.0 Å². The van der Waals surface area contributed by atoms with E-state index in [1.54, 1.807) is 6.20 Å². The zero-order chi connectivity index (χ0) is 28.3. The first-order chi connectivity index (χ1) is 18.9. The molecule has 7 nitrogen and oxygen atoms in total. The average Bonchev–Trinajstić information content (AvgIpc) is 3.69. The van der Waals surface area contributed by atoms with Crippen LogP contribution in [0.25, 0.3) is 32.2 Å². The van der Waals surface area contributed by atoms with Gasteiger partial charge >= 0.3 is 0 Å². The number of pyridine rings is 1. The van der Waals surface area contributed by atoms with Crippen LogP contribution >= 0.6 is 11.3 Å². The lowest BCUT2D eigenvalue weighted by molar-refractivity contribution is 0.135. The Morgan fingerprint density at radius 2 is 1.87 bits per heavy atom. The summed E-state index contributed by atoms with van der Waals surface area (Å²) in [4.78, 5) is 15.4. The Kier molecular flexibility index (Phi) is 8.93. The van der Waals surface area contributed by atoms with Gasteiger partial charge in [-0.15, -0.1) is 11.3 Å². The number of halogens is 2. The minimum atomic E-state index is -0.603. The van der Waals surface area contributed by atoms with Crippen LogP contribution in [-0.4, -0.2) is 28.0 Å². The van der Waals surface area contributed by atoms with E-state index in [0.29, 0.717) is 22.8 Å². The molecule has 0 saturated carbocycles. The summed E-state index contributed by atoms with van der Waals surface area (Å²) in [5.74, 6) is -0.193. The second kappa shape index (κ2) is 12.2. The fourth-order valence-corrected chi connectivity index (χ4v) is 5.73. The van der Waals surface area contributed by atoms with Crippen molar-refractivity contribution in [3.63, 3.8) is 0 Å². The van der Waals surface area contributed by atoms with Gasteiger partial charge in [-0.05, 0) is 23.5 Å². The van der Waals surface area contributed by atoms with Crippen LogP contribution in [0.4, 0.5) is 19.7 Å². The van der Waals surface area contributed by atoms with Crippen molar-refractivity contribution in [2.75, 3.05) is 23.7 Å². The van der Waals surface area contributed by atoms with Gasteiger partial charge in [0.2, 0.25) is 5.95 Å². The molecule has 0 amide bonds. The zero-order valence-corrected chi connectivity index (χ0v) is 23.9. The number of unbranched alkanes of at least 4 members (excludes halogenated alkanes) is 1. The lowest BCUT2D eigenvalue weighted by atomic mass is 9.94. The molecule has 206 valence electrons. The van der Waals surface area contributed by atoms with E-state index in [1.807, 2.05) is 19.9 Å². The maximum atomic E-state index is 16.2. The summed E-state index contributed by atoms with van der Waals surface area (Å²) in [7, 11) is 0. The van der Waals surface area contributed by atoms with Gasteiger partial charge in [-0.1, -0.05) is 47.5 Å². The normalized spacial score (nSPS) is 15.9. The van der Waals surface area contributed by atoms with Gasteiger partial charge < -0.3 is 15.4 Å². The van der Waals surface area contributed by atoms with Crippen LogP contribution in [-0.2, 0) is 18.0 Å². The molecule has 0 bridgehead atoms. The number of nitrogens with zero attached hydrogens (tertiary/aromatic N) is 5. The predicted octanol–water partition coefficient (Wildman–Crippen LogP) is 7.35. The van der Waals surface area contributed by atoms with Gasteiger partial charge in [-0.2, -0.15) is 5.26 Å². The quantitative estimate of drug-likeness (QED) is 0.284. The van der Waals surface area contributed by atoms with Crippen molar-refractivity contribution in [3.05, 3.63) is 40.7 Å². The van der Waals surface area contributed by atoms with Gasteiger partial charge in [0, 0.05) is 35.6 Å². The number of nitrogens with two attached hydrogens (primary N) is 1. The SMILES string of the molecule is CC.CC1CCN(c2ncc3c4c(c(-c5ncc(F)c6sc(N)c(C#N)c56)c(F)c3n2)COC4)C1.CCCC. The number of nitrogen functional groups attached to an aromatic ring is 1. The van der Waals surface area contributed by atoms with E-state index in [0.717, 1.165) is 42.6 Å². The van der Waals surface area contributed by atoms with E-state index in [4.69, 9.17) is 10.5 Å². The predicted molar refractivity (Wildman–Crippen MR) is 154 cm³/mol. The largest absolute Gasteiger partial charge is 0.389 e. The lowest BCUT2D eigenvalue weighted by Gasteiger charge is -2.18. The maximum Gasteiger partial charge on any atom is 0.225 e.